The van der Waals surface area contributed by atoms with Crippen molar-refractivity contribution in [2.45, 2.75) is 33.4 Å². The maximum Gasteiger partial charge on any atom is 0.329 e. The molecule has 2 heterocycles. The number of carbonyl (C=O) groups excluding carboxylic acids is 2. The lowest BCUT2D eigenvalue weighted by molar-refractivity contribution is -0.149. The second kappa shape index (κ2) is 9.73. The van der Waals surface area contributed by atoms with Crippen molar-refractivity contribution in [3.8, 4) is 17.4 Å². The van der Waals surface area contributed by atoms with E-state index in [1.807, 2.05) is 20.8 Å². The first-order chi connectivity index (χ1) is 14.5. The van der Waals surface area contributed by atoms with Crippen molar-refractivity contribution in [2.24, 2.45) is 5.92 Å². The van der Waals surface area contributed by atoms with Gasteiger partial charge in [-0.25, -0.2) is 4.79 Å². The van der Waals surface area contributed by atoms with Crippen molar-refractivity contribution < 1.29 is 27.9 Å². The van der Waals surface area contributed by atoms with Crippen molar-refractivity contribution in [1.29, 1.82) is 0 Å². The Labute approximate surface area is 173 Å². The first kappa shape index (κ1) is 21.1. The molecule has 158 valence electrons. The number of esters is 1. The zero-order valence-electron chi connectivity index (χ0n) is 17.0. The molecule has 0 aliphatic carbocycles. The molecule has 0 aliphatic heterocycles. The Morgan fingerprint density at radius 3 is 2.53 bits per heavy atom. The van der Waals surface area contributed by atoms with E-state index in [0.717, 1.165) is 0 Å². The Hall–Kier alpha value is -3.62. The number of hydrogen-bond donors (Lipinski definition) is 1. The van der Waals surface area contributed by atoms with Crippen LogP contribution in [0.15, 0.2) is 51.5 Å². The highest BCUT2D eigenvalue weighted by molar-refractivity contribution is 5.96. The molecule has 1 N–H and O–H groups in total. The summed E-state index contributed by atoms with van der Waals surface area (Å²) < 4.78 is 21.2. The van der Waals surface area contributed by atoms with E-state index >= 15 is 0 Å². The maximum absolute atomic E-state index is 12.5. The molecule has 1 atom stereocenters. The van der Waals surface area contributed by atoms with Gasteiger partial charge in [0.25, 0.3) is 17.7 Å². The fourth-order valence-corrected chi connectivity index (χ4v) is 2.63. The third-order valence-corrected chi connectivity index (χ3v) is 4.17. The number of ether oxygens (including phenoxy) is 2. The normalized spacial score (nSPS) is 11.9. The molecule has 30 heavy (non-hydrogen) atoms. The van der Waals surface area contributed by atoms with Gasteiger partial charge >= 0.3 is 5.97 Å². The van der Waals surface area contributed by atoms with Gasteiger partial charge in [-0.3, -0.25) is 4.79 Å². The fourth-order valence-electron chi connectivity index (χ4n) is 2.63. The zero-order chi connectivity index (χ0) is 21.5. The number of nitrogens with zero attached hydrogens (tertiary/aromatic N) is 2. The summed E-state index contributed by atoms with van der Waals surface area (Å²) in [5.74, 6) is 0.231. The smallest absolute Gasteiger partial charge is 0.329 e. The summed E-state index contributed by atoms with van der Waals surface area (Å²) >= 11 is 0. The number of benzene rings is 1. The Bertz CT molecular complexity index is 963. The van der Waals surface area contributed by atoms with Crippen LogP contribution in [0.5, 0.6) is 5.75 Å². The van der Waals surface area contributed by atoms with Crippen LogP contribution in [0, 0.1) is 5.92 Å². The topological polar surface area (TPSA) is 117 Å². The van der Waals surface area contributed by atoms with Gasteiger partial charge in [0.1, 0.15) is 11.8 Å². The molecule has 3 rings (SSSR count). The van der Waals surface area contributed by atoms with Gasteiger partial charge in [-0.2, -0.15) is 0 Å². The van der Waals surface area contributed by atoms with E-state index in [1.54, 1.807) is 36.4 Å². The highest BCUT2D eigenvalue weighted by atomic mass is 16.5. The van der Waals surface area contributed by atoms with E-state index in [4.69, 9.17) is 18.3 Å². The number of aromatic nitrogens is 2. The number of rotatable bonds is 9. The van der Waals surface area contributed by atoms with Crippen molar-refractivity contribution >= 4 is 11.9 Å². The molecule has 1 amide bonds. The third kappa shape index (κ3) is 5.25. The molecule has 3 aromatic rings. The van der Waals surface area contributed by atoms with Gasteiger partial charge in [-0.05, 0) is 49.2 Å². The van der Waals surface area contributed by atoms with E-state index in [2.05, 4.69) is 15.5 Å². The van der Waals surface area contributed by atoms with E-state index in [-0.39, 0.29) is 30.2 Å². The average molecular weight is 413 g/mol. The van der Waals surface area contributed by atoms with Crippen LogP contribution < -0.4 is 10.1 Å². The average Bonchev–Trinajstić information content (AvgIpc) is 3.42. The predicted molar refractivity (Wildman–Crippen MR) is 105 cm³/mol. The lowest BCUT2D eigenvalue weighted by Gasteiger charge is -2.20. The number of nitrogens with one attached hydrogen (secondary N) is 1. The van der Waals surface area contributed by atoms with E-state index in [1.165, 1.54) is 6.26 Å². The summed E-state index contributed by atoms with van der Waals surface area (Å²) in [4.78, 5) is 25.1. The van der Waals surface area contributed by atoms with Crippen molar-refractivity contribution in [3.63, 3.8) is 0 Å². The lowest BCUT2D eigenvalue weighted by atomic mass is 10.0. The standard InChI is InChI=1S/C21H23N3O6/c1-4-27-15-9-7-14(8-10-15)19(25)22-18(13(2)3)21(26)29-12-17-23-24-20(30-17)16-6-5-11-28-16/h5-11,13,18H,4,12H2,1-3H3,(H,22,25)/t18-/m0/s1. The number of furan rings is 1. The number of hydrogen-bond acceptors (Lipinski definition) is 8. The molecular weight excluding hydrogens is 390 g/mol. The summed E-state index contributed by atoms with van der Waals surface area (Å²) in [5, 5.41) is 10.4. The quantitative estimate of drug-likeness (QED) is 0.532. The molecule has 0 saturated carbocycles. The molecule has 0 unspecified atom stereocenters. The van der Waals surface area contributed by atoms with Crippen LogP contribution in [0.3, 0.4) is 0 Å². The predicted octanol–water partition coefficient (Wildman–Crippen LogP) is 3.23. The van der Waals surface area contributed by atoms with E-state index in [9.17, 15) is 9.59 Å². The van der Waals surface area contributed by atoms with Gasteiger partial charge < -0.3 is 23.6 Å². The monoisotopic (exact) mass is 413 g/mol. The minimum absolute atomic E-state index is 0.120. The second-order valence-electron chi connectivity index (χ2n) is 6.74. The maximum atomic E-state index is 12.5. The van der Waals surface area contributed by atoms with Crippen LogP contribution in [0.25, 0.3) is 11.7 Å². The molecule has 0 aliphatic rings. The van der Waals surface area contributed by atoms with Gasteiger partial charge in [0.2, 0.25) is 0 Å². The van der Waals surface area contributed by atoms with Crippen LogP contribution in [0.2, 0.25) is 0 Å². The molecule has 9 nitrogen and oxygen atoms in total. The molecule has 0 bridgehead atoms. The van der Waals surface area contributed by atoms with Crippen LogP contribution in [-0.2, 0) is 16.1 Å². The molecule has 0 saturated heterocycles. The molecule has 0 spiro atoms. The van der Waals surface area contributed by atoms with Gasteiger partial charge in [0.05, 0.1) is 12.9 Å². The Morgan fingerprint density at radius 2 is 1.90 bits per heavy atom. The zero-order valence-corrected chi connectivity index (χ0v) is 17.0. The Balaban J connectivity index is 1.58. The highest BCUT2D eigenvalue weighted by Gasteiger charge is 2.27. The Kier molecular flexibility index (Phi) is 6.84. The summed E-state index contributed by atoms with van der Waals surface area (Å²) in [6, 6.07) is 9.21. The molecule has 1 aromatic carbocycles. The summed E-state index contributed by atoms with van der Waals surface area (Å²) in [6.45, 7) is 5.83. The second-order valence-corrected chi connectivity index (χ2v) is 6.74. The van der Waals surface area contributed by atoms with Crippen LogP contribution >= 0.6 is 0 Å². The van der Waals surface area contributed by atoms with Crippen LogP contribution in [0.1, 0.15) is 37.0 Å². The van der Waals surface area contributed by atoms with Gasteiger partial charge in [-0.1, -0.05) is 13.8 Å². The minimum atomic E-state index is -0.837. The first-order valence-corrected chi connectivity index (χ1v) is 9.54. The molecule has 0 fully saturated rings. The van der Waals surface area contributed by atoms with E-state index < -0.39 is 12.0 Å². The lowest BCUT2D eigenvalue weighted by Crippen LogP contribution is -2.45. The van der Waals surface area contributed by atoms with Gasteiger partial charge in [-0.15, -0.1) is 10.2 Å². The molecule has 9 heteroatoms. The summed E-state index contributed by atoms with van der Waals surface area (Å²) in [5.41, 5.74) is 0.414. The Morgan fingerprint density at radius 1 is 1.13 bits per heavy atom. The fraction of sp³-hybridized carbons (Fsp3) is 0.333. The van der Waals surface area contributed by atoms with Crippen molar-refractivity contribution in [3.05, 3.63) is 54.1 Å². The summed E-state index contributed by atoms with van der Waals surface area (Å²) in [7, 11) is 0. The number of amides is 1. The van der Waals surface area contributed by atoms with Crippen molar-refractivity contribution in [2.75, 3.05) is 6.61 Å². The largest absolute Gasteiger partial charge is 0.494 e. The van der Waals surface area contributed by atoms with Crippen molar-refractivity contribution in [1.82, 2.24) is 15.5 Å². The molecule has 2 aromatic heterocycles. The SMILES string of the molecule is CCOc1ccc(C(=O)N[C@H](C(=O)OCc2nnc(-c3ccco3)o2)C(C)C)cc1. The van der Waals surface area contributed by atoms with Crippen LogP contribution in [-0.4, -0.2) is 34.7 Å². The van der Waals surface area contributed by atoms with Gasteiger partial charge in [0, 0.05) is 5.56 Å². The van der Waals surface area contributed by atoms with Gasteiger partial charge in [0.15, 0.2) is 12.4 Å². The summed E-state index contributed by atoms with van der Waals surface area (Å²) in [6.07, 6.45) is 1.49. The number of carbonyl (C=O) groups is 2. The molecule has 0 radical (unpaired) electrons. The third-order valence-electron chi connectivity index (χ3n) is 4.17. The highest BCUT2D eigenvalue weighted by Crippen LogP contribution is 2.18. The van der Waals surface area contributed by atoms with Crippen LogP contribution in [0.4, 0.5) is 0 Å². The van der Waals surface area contributed by atoms with E-state index in [0.29, 0.717) is 23.7 Å². The minimum Gasteiger partial charge on any atom is -0.494 e. The molecular formula is C21H23N3O6. The first-order valence-electron chi connectivity index (χ1n) is 9.54.